The molecule has 64 valence electrons. The van der Waals surface area contributed by atoms with Gasteiger partial charge in [-0.3, -0.25) is 4.99 Å². The van der Waals surface area contributed by atoms with Crippen LogP contribution in [-0.4, -0.2) is 18.2 Å². The van der Waals surface area contributed by atoms with Crippen molar-refractivity contribution >= 4 is 12.8 Å². The molecular weight excluding hydrogens is 150 g/mol. The standard InChI is InChI=1S/C9H13N3/c1-7-8(3-4-12-7)5-9(6-10)11-2/h3-5,12H,2,6,10H2,1H3/b9-5-. The van der Waals surface area contributed by atoms with Crippen molar-refractivity contribution < 1.29 is 0 Å². The zero-order valence-corrected chi connectivity index (χ0v) is 7.17. The lowest BCUT2D eigenvalue weighted by atomic mass is 10.2. The molecular formula is C9H13N3. The topological polar surface area (TPSA) is 54.2 Å². The Morgan fingerprint density at radius 3 is 3.00 bits per heavy atom. The second-order valence-electron chi connectivity index (χ2n) is 2.56. The highest BCUT2D eigenvalue weighted by molar-refractivity contribution is 5.56. The molecule has 0 aliphatic carbocycles. The van der Waals surface area contributed by atoms with Crippen molar-refractivity contribution in [2.24, 2.45) is 10.7 Å². The number of aryl methyl sites for hydroxylation is 1. The minimum atomic E-state index is 0.425. The van der Waals surface area contributed by atoms with Crippen molar-refractivity contribution in [1.29, 1.82) is 0 Å². The Morgan fingerprint density at radius 2 is 2.58 bits per heavy atom. The summed E-state index contributed by atoms with van der Waals surface area (Å²) >= 11 is 0. The predicted octanol–water partition coefficient (Wildman–Crippen LogP) is 1.32. The van der Waals surface area contributed by atoms with Crippen LogP contribution in [0.4, 0.5) is 0 Å². The highest BCUT2D eigenvalue weighted by Crippen LogP contribution is 2.10. The first-order valence-electron chi connectivity index (χ1n) is 3.79. The average Bonchev–Trinajstić information content (AvgIpc) is 2.47. The molecule has 0 amide bonds. The fourth-order valence-electron chi connectivity index (χ4n) is 0.970. The largest absolute Gasteiger partial charge is 0.365 e. The second-order valence-corrected chi connectivity index (χ2v) is 2.56. The molecule has 0 saturated heterocycles. The van der Waals surface area contributed by atoms with Gasteiger partial charge in [0, 0.05) is 18.4 Å². The van der Waals surface area contributed by atoms with Crippen LogP contribution in [-0.2, 0) is 0 Å². The molecule has 1 aromatic heterocycles. The van der Waals surface area contributed by atoms with E-state index in [1.807, 2.05) is 25.3 Å². The lowest BCUT2D eigenvalue weighted by Gasteiger charge is -1.95. The highest BCUT2D eigenvalue weighted by atomic mass is 14.8. The Bertz CT molecular complexity index is 296. The third-order valence-corrected chi connectivity index (χ3v) is 1.73. The summed E-state index contributed by atoms with van der Waals surface area (Å²) in [4.78, 5) is 6.87. The summed E-state index contributed by atoms with van der Waals surface area (Å²) in [6.07, 6.45) is 3.82. The first-order valence-corrected chi connectivity index (χ1v) is 3.79. The summed E-state index contributed by atoms with van der Waals surface area (Å²) in [5.74, 6) is 0. The Hall–Kier alpha value is -1.35. The van der Waals surface area contributed by atoms with E-state index in [1.165, 1.54) is 0 Å². The normalized spacial score (nSPS) is 11.7. The van der Waals surface area contributed by atoms with E-state index in [2.05, 4.69) is 16.7 Å². The van der Waals surface area contributed by atoms with Crippen LogP contribution in [0.25, 0.3) is 6.08 Å². The first-order chi connectivity index (χ1) is 5.77. The third kappa shape index (κ3) is 1.83. The maximum Gasteiger partial charge on any atom is 0.0538 e. The Balaban J connectivity index is 2.92. The number of H-pyrrole nitrogens is 1. The average molecular weight is 163 g/mol. The molecule has 3 N–H and O–H groups in total. The van der Waals surface area contributed by atoms with Crippen LogP contribution in [0.15, 0.2) is 23.0 Å². The quantitative estimate of drug-likeness (QED) is 0.649. The summed E-state index contributed by atoms with van der Waals surface area (Å²) in [5, 5.41) is 0. The molecule has 1 heterocycles. The van der Waals surface area contributed by atoms with Gasteiger partial charge in [-0.25, -0.2) is 0 Å². The molecule has 0 radical (unpaired) electrons. The van der Waals surface area contributed by atoms with Gasteiger partial charge in [-0.15, -0.1) is 0 Å². The van der Waals surface area contributed by atoms with Crippen LogP contribution in [0, 0.1) is 6.92 Å². The fourth-order valence-corrected chi connectivity index (χ4v) is 0.970. The molecule has 3 nitrogen and oxygen atoms in total. The number of hydrogen-bond donors (Lipinski definition) is 2. The number of aromatic amines is 1. The molecule has 0 aliphatic rings. The van der Waals surface area contributed by atoms with E-state index in [-0.39, 0.29) is 0 Å². The number of aromatic nitrogens is 1. The summed E-state index contributed by atoms with van der Waals surface area (Å²) in [6, 6.07) is 1.98. The number of nitrogens with one attached hydrogen (secondary N) is 1. The molecule has 0 aliphatic heterocycles. The second kappa shape index (κ2) is 3.88. The number of nitrogens with two attached hydrogens (primary N) is 1. The predicted molar refractivity (Wildman–Crippen MR) is 52.1 cm³/mol. The smallest absolute Gasteiger partial charge is 0.0538 e. The molecule has 0 unspecified atom stereocenters. The maximum absolute atomic E-state index is 5.44. The number of aliphatic imine (C=N–C) groups is 1. The van der Waals surface area contributed by atoms with Gasteiger partial charge in [0.25, 0.3) is 0 Å². The summed E-state index contributed by atoms with van der Waals surface area (Å²) in [7, 11) is 0. The SMILES string of the molecule is C=N/C(=C\c1cc[nH]c1C)CN. The van der Waals surface area contributed by atoms with Crippen molar-refractivity contribution in [2.75, 3.05) is 6.54 Å². The van der Waals surface area contributed by atoms with Crippen LogP contribution < -0.4 is 5.73 Å². The lowest BCUT2D eigenvalue weighted by Crippen LogP contribution is -2.00. The Morgan fingerprint density at radius 1 is 1.83 bits per heavy atom. The van der Waals surface area contributed by atoms with Gasteiger partial charge < -0.3 is 10.7 Å². The van der Waals surface area contributed by atoms with E-state index in [0.29, 0.717) is 6.54 Å². The summed E-state index contributed by atoms with van der Waals surface area (Å²) in [5.41, 5.74) is 8.47. The van der Waals surface area contributed by atoms with Gasteiger partial charge in [-0.05, 0) is 31.3 Å². The van der Waals surface area contributed by atoms with Gasteiger partial charge in [0.05, 0.1) is 5.70 Å². The molecule has 1 aromatic rings. The van der Waals surface area contributed by atoms with Gasteiger partial charge in [0.2, 0.25) is 0 Å². The lowest BCUT2D eigenvalue weighted by molar-refractivity contribution is 1.13. The van der Waals surface area contributed by atoms with Crippen molar-refractivity contribution in [3.05, 3.63) is 29.2 Å². The van der Waals surface area contributed by atoms with E-state index >= 15 is 0 Å². The molecule has 3 heteroatoms. The first kappa shape index (κ1) is 8.74. The van der Waals surface area contributed by atoms with Crippen LogP contribution in [0.2, 0.25) is 0 Å². The van der Waals surface area contributed by atoms with Gasteiger partial charge in [0.1, 0.15) is 0 Å². The van der Waals surface area contributed by atoms with Crippen LogP contribution >= 0.6 is 0 Å². The van der Waals surface area contributed by atoms with E-state index in [1.54, 1.807) is 0 Å². The van der Waals surface area contributed by atoms with Crippen molar-refractivity contribution in [1.82, 2.24) is 4.98 Å². The van der Waals surface area contributed by atoms with Gasteiger partial charge in [-0.1, -0.05) is 0 Å². The molecule has 0 atom stereocenters. The molecule has 1 rings (SSSR count). The molecule has 0 aromatic carbocycles. The van der Waals surface area contributed by atoms with Gasteiger partial charge >= 0.3 is 0 Å². The van der Waals surface area contributed by atoms with Crippen LogP contribution in [0.3, 0.4) is 0 Å². The number of hydrogen-bond acceptors (Lipinski definition) is 2. The van der Waals surface area contributed by atoms with Crippen LogP contribution in [0.1, 0.15) is 11.3 Å². The van der Waals surface area contributed by atoms with Crippen LogP contribution in [0.5, 0.6) is 0 Å². The zero-order valence-electron chi connectivity index (χ0n) is 7.17. The number of rotatable bonds is 3. The van der Waals surface area contributed by atoms with Crippen molar-refractivity contribution in [3.8, 4) is 0 Å². The molecule has 0 fully saturated rings. The Kier molecular flexibility index (Phi) is 2.82. The maximum atomic E-state index is 5.44. The summed E-state index contributed by atoms with van der Waals surface area (Å²) in [6.45, 7) is 5.86. The molecule has 12 heavy (non-hydrogen) atoms. The highest BCUT2D eigenvalue weighted by Gasteiger charge is 1.95. The minimum Gasteiger partial charge on any atom is -0.365 e. The van der Waals surface area contributed by atoms with E-state index in [0.717, 1.165) is 17.0 Å². The molecule has 0 saturated carbocycles. The van der Waals surface area contributed by atoms with E-state index < -0.39 is 0 Å². The van der Waals surface area contributed by atoms with Gasteiger partial charge in [-0.2, -0.15) is 0 Å². The van der Waals surface area contributed by atoms with Crippen molar-refractivity contribution in [2.45, 2.75) is 6.92 Å². The molecule has 0 spiro atoms. The Labute approximate surface area is 72.0 Å². The third-order valence-electron chi connectivity index (χ3n) is 1.73. The summed E-state index contributed by atoms with van der Waals surface area (Å²) < 4.78 is 0. The number of nitrogens with zero attached hydrogens (tertiary/aromatic N) is 1. The fraction of sp³-hybridized carbons (Fsp3) is 0.222. The van der Waals surface area contributed by atoms with Gasteiger partial charge in [0.15, 0.2) is 0 Å². The molecule has 0 bridgehead atoms. The zero-order chi connectivity index (χ0) is 8.97. The van der Waals surface area contributed by atoms with E-state index in [4.69, 9.17) is 5.73 Å². The van der Waals surface area contributed by atoms with Crippen molar-refractivity contribution in [3.63, 3.8) is 0 Å². The minimum absolute atomic E-state index is 0.425. The monoisotopic (exact) mass is 163 g/mol. The van der Waals surface area contributed by atoms with E-state index in [9.17, 15) is 0 Å².